The van der Waals surface area contributed by atoms with Crippen LogP contribution in [0, 0.1) is 0 Å². The number of benzene rings is 1. The van der Waals surface area contributed by atoms with Gasteiger partial charge in [0, 0.05) is 19.0 Å². The summed E-state index contributed by atoms with van der Waals surface area (Å²) in [6.45, 7) is 4.75. The molecule has 110 valence electrons. The van der Waals surface area contributed by atoms with Gasteiger partial charge in [-0.3, -0.25) is 4.79 Å². The monoisotopic (exact) mass is 275 g/mol. The number of hydrogen-bond acceptors (Lipinski definition) is 2. The van der Waals surface area contributed by atoms with Gasteiger partial charge in [0.2, 0.25) is 5.91 Å². The molecule has 1 aliphatic rings. The van der Waals surface area contributed by atoms with Crippen molar-refractivity contribution in [3.05, 3.63) is 35.9 Å². The highest BCUT2D eigenvalue weighted by Crippen LogP contribution is 2.26. The van der Waals surface area contributed by atoms with Gasteiger partial charge in [-0.05, 0) is 37.7 Å². The highest BCUT2D eigenvalue weighted by atomic mass is 16.3. The molecule has 1 saturated heterocycles. The lowest BCUT2D eigenvalue weighted by molar-refractivity contribution is -0.132. The van der Waals surface area contributed by atoms with Gasteiger partial charge in [-0.25, -0.2) is 0 Å². The third kappa shape index (κ3) is 3.83. The largest absolute Gasteiger partial charge is 0.393 e. The highest BCUT2D eigenvalue weighted by Gasteiger charge is 2.30. The number of rotatable bonds is 5. The van der Waals surface area contributed by atoms with Gasteiger partial charge < -0.3 is 10.0 Å². The van der Waals surface area contributed by atoms with Crippen LogP contribution in [0.25, 0.3) is 0 Å². The van der Waals surface area contributed by atoms with Gasteiger partial charge in [-0.1, -0.05) is 37.3 Å². The van der Waals surface area contributed by atoms with Crippen LogP contribution in [-0.4, -0.2) is 34.6 Å². The molecular weight excluding hydrogens is 250 g/mol. The van der Waals surface area contributed by atoms with Gasteiger partial charge in [-0.15, -0.1) is 0 Å². The summed E-state index contributed by atoms with van der Waals surface area (Å²) in [5.74, 6) is 0.473. The summed E-state index contributed by atoms with van der Waals surface area (Å²) >= 11 is 0. The highest BCUT2D eigenvalue weighted by molar-refractivity contribution is 5.77. The van der Waals surface area contributed by atoms with E-state index in [-0.39, 0.29) is 24.0 Å². The van der Waals surface area contributed by atoms with E-state index in [4.69, 9.17) is 0 Å². The SMILES string of the molecule is CC(O)CC1CCCN1C(=O)CC(C)c1ccccc1. The molecule has 1 aromatic carbocycles. The molecule has 1 fully saturated rings. The minimum Gasteiger partial charge on any atom is -0.393 e. The van der Waals surface area contributed by atoms with E-state index in [9.17, 15) is 9.90 Å². The van der Waals surface area contributed by atoms with Gasteiger partial charge in [0.25, 0.3) is 0 Å². The third-order valence-corrected chi connectivity index (χ3v) is 4.16. The number of carbonyl (C=O) groups is 1. The van der Waals surface area contributed by atoms with Crippen LogP contribution in [0.15, 0.2) is 30.3 Å². The molecule has 1 heterocycles. The van der Waals surface area contributed by atoms with E-state index in [1.807, 2.05) is 23.1 Å². The van der Waals surface area contributed by atoms with Crippen LogP contribution in [0.2, 0.25) is 0 Å². The van der Waals surface area contributed by atoms with E-state index in [2.05, 4.69) is 19.1 Å². The number of aliphatic hydroxyl groups is 1. The van der Waals surface area contributed by atoms with Crippen molar-refractivity contribution in [2.24, 2.45) is 0 Å². The summed E-state index contributed by atoms with van der Waals surface area (Å²) in [6.07, 6.45) is 3.00. The molecule has 2 rings (SSSR count). The molecule has 0 bridgehead atoms. The Morgan fingerprint density at radius 2 is 2.05 bits per heavy atom. The predicted molar refractivity (Wildman–Crippen MR) is 80.5 cm³/mol. The molecule has 0 aliphatic carbocycles. The van der Waals surface area contributed by atoms with Crippen LogP contribution >= 0.6 is 0 Å². The van der Waals surface area contributed by atoms with Crippen molar-refractivity contribution in [3.8, 4) is 0 Å². The fraction of sp³-hybridized carbons (Fsp3) is 0.588. The third-order valence-electron chi connectivity index (χ3n) is 4.16. The van der Waals surface area contributed by atoms with Crippen LogP contribution in [0.3, 0.4) is 0 Å². The fourth-order valence-corrected chi connectivity index (χ4v) is 3.08. The Morgan fingerprint density at radius 3 is 2.70 bits per heavy atom. The number of likely N-dealkylation sites (tertiary alicyclic amines) is 1. The lowest BCUT2D eigenvalue weighted by atomic mass is 9.97. The van der Waals surface area contributed by atoms with E-state index in [1.54, 1.807) is 6.92 Å². The molecule has 3 heteroatoms. The molecule has 1 N–H and O–H groups in total. The summed E-state index contributed by atoms with van der Waals surface area (Å²) in [5, 5.41) is 9.53. The molecular formula is C17H25NO2. The van der Waals surface area contributed by atoms with Crippen molar-refractivity contribution in [1.29, 1.82) is 0 Å². The fourth-order valence-electron chi connectivity index (χ4n) is 3.08. The molecule has 1 aromatic rings. The predicted octanol–water partition coefficient (Wildman–Crippen LogP) is 2.94. The van der Waals surface area contributed by atoms with Crippen molar-refractivity contribution in [1.82, 2.24) is 4.90 Å². The van der Waals surface area contributed by atoms with Crippen LogP contribution in [0.1, 0.15) is 51.0 Å². The Hall–Kier alpha value is -1.35. The zero-order valence-corrected chi connectivity index (χ0v) is 12.5. The molecule has 0 saturated carbocycles. The second-order valence-electron chi connectivity index (χ2n) is 5.98. The number of amides is 1. The summed E-state index contributed by atoms with van der Waals surface area (Å²) in [6, 6.07) is 10.4. The second kappa shape index (κ2) is 6.89. The first-order valence-corrected chi connectivity index (χ1v) is 7.60. The zero-order valence-electron chi connectivity index (χ0n) is 12.5. The number of carbonyl (C=O) groups excluding carboxylic acids is 1. The summed E-state index contributed by atoms with van der Waals surface area (Å²) in [4.78, 5) is 14.4. The van der Waals surface area contributed by atoms with E-state index < -0.39 is 0 Å². The minimum atomic E-state index is -0.333. The molecule has 1 aliphatic heterocycles. The normalized spacial score (nSPS) is 21.8. The molecule has 0 aromatic heterocycles. The minimum absolute atomic E-state index is 0.226. The lowest BCUT2D eigenvalue weighted by Crippen LogP contribution is -2.37. The van der Waals surface area contributed by atoms with Crippen molar-refractivity contribution in [2.45, 2.75) is 57.6 Å². The Morgan fingerprint density at radius 1 is 1.35 bits per heavy atom. The van der Waals surface area contributed by atoms with E-state index in [0.717, 1.165) is 19.4 Å². The molecule has 0 radical (unpaired) electrons. The van der Waals surface area contributed by atoms with Crippen molar-refractivity contribution in [2.75, 3.05) is 6.54 Å². The first-order chi connectivity index (χ1) is 9.58. The van der Waals surface area contributed by atoms with Gasteiger partial charge in [0.05, 0.1) is 6.10 Å². The van der Waals surface area contributed by atoms with Gasteiger partial charge >= 0.3 is 0 Å². The zero-order chi connectivity index (χ0) is 14.5. The molecule has 3 nitrogen and oxygen atoms in total. The van der Waals surface area contributed by atoms with Crippen LogP contribution in [-0.2, 0) is 4.79 Å². The first-order valence-electron chi connectivity index (χ1n) is 7.60. The van der Waals surface area contributed by atoms with Crippen molar-refractivity contribution < 1.29 is 9.90 Å². The number of aliphatic hydroxyl groups excluding tert-OH is 1. The topological polar surface area (TPSA) is 40.5 Å². The quantitative estimate of drug-likeness (QED) is 0.897. The van der Waals surface area contributed by atoms with Crippen molar-refractivity contribution in [3.63, 3.8) is 0 Å². The van der Waals surface area contributed by atoms with E-state index in [0.29, 0.717) is 12.8 Å². The number of nitrogens with zero attached hydrogens (tertiary/aromatic N) is 1. The second-order valence-corrected chi connectivity index (χ2v) is 5.98. The average Bonchev–Trinajstić information content (AvgIpc) is 2.87. The van der Waals surface area contributed by atoms with Crippen LogP contribution < -0.4 is 0 Å². The Labute approximate surface area is 121 Å². The summed E-state index contributed by atoms with van der Waals surface area (Å²) < 4.78 is 0. The molecule has 20 heavy (non-hydrogen) atoms. The van der Waals surface area contributed by atoms with Gasteiger partial charge in [-0.2, -0.15) is 0 Å². The molecule has 0 spiro atoms. The maximum Gasteiger partial charge on any atom is 0.223 e. The molecule has 1 amide bonds. The maximum atomic E-state index is 12.5. The standard InChI is InChI=1S/C17H25NO2/c1-13(15-7-4-3-5-8-15)11-17(20)18-10-6-9-16(18)12-14(2)19/h3-5,7-8,13-14,16,19H,6,9-12H2,1-2H3. The summed E-state index contributed by atoms with van der Waals surface area (Å²) in [5.41, 5.74) is 1.21. The number of hydrogen-bond donors (Lipinski definition) is 1. The Kier molecular flexibility index (Phi) is 5.18. The van der Waals surface area contributed by atoms with Crippen molar-refractivity contribution >= 4 is 5.91 Å². The first kappa shape index (κ1) is 15.0. The average molecular weight is 275 g/mol. The smallest absolute Gasteiger partial charge is 0.223 e. The van der Waals surface area contributed by atoms with Gasteiger partial charge in [0.15, 0.2) is 0 Å². The van der Waals surface area contributed by atoms with E-state index >= 15 is 0 Å². The van der Waals surface area contributed by atoms with Crippen LogP contribution in [0.5, 0.6) is 0 Å². The Balaban J connectivity index is 1.94. The van der Waals surface area contributed by atoms with Crippen LogP contribution in [0.4, 0.5) is 0 Å². The van der Waals surface area contributed by atoms with E-state index in [1.165, 1.54) is 5.56 Å². The molecule has 3 unspecified atom stereocenters. The maximum absolute atomic E-state index is 12.5. The Bertz CT molecular complexity index is 430. The van der Waals surface area contributed by atoms with Gasteiger partial charge in [0.1, 0.15) is 0 Å². The molecule has 3 atom stereocenters. The summed E-state index contributed by atoms with van der Waals surface area (Å²) in [7, 11) is 0. The lowest BCUT2D eigenvalue weighted by Gasteiger charge is -2.27.